The number of hydrogen-bond acceptors (Lipinski definition) is 6. The fourth-order valence-corrected chi connectivity index (χ4v) is 5.27. The van der Waals surface area contributed by atoms with Gasteiger partial charge in [0.15, 0.2) is 14.0 Å². The molecule has 0 aliphatic carbocycles. The third-order valence-corrected chi connectivity index (χ3v) is 13.1. The van der Waals surface area contributed by atoms with E-state index in [1.807, 2.05) is 35.3 Å². The summed E-state index contributed by atoms with van der Waals surface area (Å²) in [6.07, 6.45) is 3.85. The first-order valence-electron chi connectivity index (χ1n) is 12.6. The van der Waals surface area contributed by atoms with E-state index in [0.29, 0.717) is 32.2 Å². The number of esters is 1. The average Bonchev–Trinajstić information content (AvgIpc) is 3.39. The van der Waals surface area contributed by atoms with E-state index in [4.69, 9.17) is 13.9 Å². The van der Waals surface area contributed by atoms with Crippen LogP contribution in [-0.2, 0) is 27.2 Å². The Balaban J connectivity index is 1.77. The van der Waals surface area contributed by atoms with Crippen molar-refractivity contribution in [1.29, 1.82) is 0 Å². The first-order chi connectivity index (χ1) is 16.7. The van der Waals surface area contributed by atoms with Gasteiger partial charge in [-0.25, -0.2) is 9.48 Å². The van der Waals surface area contributed by atoms with Crippen molar-refractivity contribution in [3.8, 4) is 11.1 Å². The summed E-state index contributed by atoms with van der Waals surface area (Å²) in [5.41, 5.74) is 3.06. The van der Waals surface area contributed by atoms with E-state index < -0.39 is 22.4 Å². The molecule has 0 aliphatic rings. The van der Waals surface area contributed by atoms with Crippen LogP contribution in [-0.4, -0.2) is 62.2 Å². The van der Waals surface area contributed by atoms with Crippen molar-refractivity contribution in [2.75, 3.05) is 20.3 Å². The van der Waals surface area contributed by atoms with Gasteiger partial charge >= 0.3 is 5.97 Å². The molecule has 0 radical (unpaired) electrons. The lowest BCUT2D eigenvalue weighted by molar-refractivity contribution is 0.0585. The van der Waals surface area contributed by atoms with Crippen molar-refractivity contribution in [2.45, 2.75) is 77.9 Å². The maximum absolute atomic E-state index is 12.5. The van der Waals surface area contributed by atoms with Crippen LogP contribution in [0.15, 0.2) is 30.6 Å². The van der Waals surface area contributed by atoms with E-state index >= 15 is 0 Å². The fourth-order valence-electron chi connectivity index (χ4n) is 3.48. The van der Waals surface area contributed by atoms with Gasteiger partial charge in [-0.2, -0.15) is 10.2 Å². The van der Waals surface area contributed by atoms with Gasteiger partial charge in [0.2, 0.25) is 0 Å². The number of carbonyl (C=O) groups excluding carboxylic acids is 1. The molecule has 198 valence electrons. The summed E-state index contributed by atoms with van der Waals surface area (Å²) >= 11 is 0. The van der Waals surface area contributed by atoms with Gasteiger partial charge in [-0.15, -0.1) is 0 Å². The second-order valence-electron chi connectivity index (χ2n) is 12.0. The molecular formula is C26H42N4O4Si2. The molecule has 0 fully saturated rings. The first-order valence-corrected chi connectivity index (χ1v) is 19.2. The highest BCUT2D eigenvalue weighted by atomic mass is 28.4. The maximum Gasteiger partial charge on any atom is 0.359 e. The molecule has 0 amide bonds. The molecule has 2 aromatic heterocycles. The minimum absolute atomic E-state index is 0.179. The lowest BCUT2D eigenvalue weighted by atomic mass is 10.1. The van der Waals surface area contributed by atoms with Crippen LogP contribution in [0.4, 0.5) is 0 Å². The molecule has 2 heterocycles. The molecule has 36 heavy (non-hydrogen) atoms. The Morgan fingerprint density at radius 1 is 1.06 bits per heavy atom. The zero-order valence-electron chi connectivity index (χ0n) is 23.3. The van der Waals surface area contributed by atoms with Gasteiger partial charge in [-0.3, -0.25) is 4.68 Å². The van der Waals surface area contributed by atoms with Gasteiger partial charge in [0.1, 0.15) is 6.73 Å². The van der Waals surface area contributed by atoms with E-state index in [0.717, 1.165) is 28.1 Å². The molecule has 10 heteroatoms. The Labute approximate surface area is 217 Å². The van der Waals surface area contributed by atoms with Crippen LogP contribution in [0.3, 0.4) is 0 Å². The lowest BCUT2D eigenvalue weighted by Gasteiger charge is -2.36. The summed E-state index contributed by atoms with van der Waals surface area (Å²) in [6.45, 7) is 20.5. The predicted molar refractivity (Wildman–Crippen MR) is 150 cm³/mol. The summed E-state index contributed by atoms with van der Waals surface area (Å²) in [5, 5.41) is 9.96. The number of hydrogen-bond donors (Lipinski definition) is 0. The van der Waals surface area contributed by atoms with Crippen molar-refractivity contribution in [1.82, 2.24) is 19.6 Å². The monoisotopic (exact) mass is 530 g/mol. The number of methoxy groups -OCH3 is 1. The number of nitrogens with zero attached hydrogens (tertiary/aromatic N) is 4. The number of rotatable bonds is 11. The average molecular weight is 531 g/mol. The van der Waals surface area contributed by atoms with E-state index in [-0.39, 0.29) is 5.04 Å². The Morgan fingerprint density at radius 2 is 1.78 bits per heavy atom. The Hall–Kier alpha value is -2.28. The highest BCUT2D eigenvalue weighted by Crippen LogP contribution is 2.36. The first kappa shape index (κ1) is 28.3. The van der Waals surface area contributed by atoms with Crippen molar-refractivity contribution < 1.29 is 18.7 Å². The molecule has 0 saturated heterocycles. The van der Waals surface area contributed by atoms with Crippen LogP contribution in [0.2, 0.25) is 43.8 Å². The second-order valence-corrected chi connectivity index (χ2v) is 22.5. The standard InChI is InChI=1S/C26H42N4O4Si2/c1-26(2,3)36(8,9)34-13-12-29-18-21(17-27-29)20-10-11-23-22(16-20)24(25(31)32-4)28-30(23)19-33-14-15-35(5,6)7/h10-11,16-18H,12-15,19H2,1-9H3. The van der Waals surface area contributed by atoms with Crippen LogP contribution in [0.1, 0.15) is 31.3 Å². The van der Waals surface area contributed by atoms with E-state index in [2.05, 4.69) is 63.7 Å². The van der Waals surface area contributed by atoms with Gasteiger partial charge in [0.05, 0.1) is 32.0 Å². The quantitative estimate of drug-likeness (QED) is 0.171. The zero-order valence-corrected chi connectivity index (χ0v) is 25.3. The Bertz CT molecular complexity index is 1190. The van der Waals surface area contributed by atoms with E-state index in [1.165, 1.54) is 7.11 Å². The van der Waals surface area contributed by atoms with Crippen LogP contribution in [0.25, 0.3) is 22.0 Å². The van der Waals surface area contributed by atoms with Crippen molar-refractivity contribution in [3.05, 3.63) is 36.3 Å². The van der Waals surface area contributed by atoms with Crippen molar-refractivity contribution in [3.63, 3.8) is 0 Å². The smallest absolute Gasteiger partial charge is 0.359 e. The van der Waals surface area contributed by atoms with E-state index in [1.54, 1.807) is 4.68 Å². The summed E-state index contributed by atoms with van der Waals surface area (Å²) < 4.78 is 20.8. The van der Waals surface area contributed by atoms with Gasteiger partial charge in [-0.1, -0.05) is 46.5 Å². The normalized spacial score (nSPS) is 12.9. The molecule has 0 atom stereocenters. The van der Waals surface area contributed by atoms with Crippen LogP contribution >= 0.6 is 0 Å². The summed E-state index contributed by atoms with van der Waals surface area (Å²) in [7, 11) is -1.60. The molecular weight excluding hydrogens is 488 g/mol. The van der Waals surface area contributed by atoms with Crippen LogP contribution in [0.5, 0.6) is 0 Å². The lowest BCUT2D eigenvalue weighted by Crippen LogP contribution is -2.41. The summed E-state index contributed by atoms with van der Waals surface area (Å²) in [6, 6.07) is 7.05. The molecule has 0 spiro atoms. The highest BCUT2D eigenvalue weighted by molar-refractivity contribution is 6.76. The largest absolute Gasteiger partial charge is 0.464 e. The SMILES string of the molecule is COC(=O)c1nn(COCC[Si](C)(C)C)c2ccc(-c3cnn(CCO[Si](C)(C)C(C)(C)C)c3)cc12. The molecule has 0 aliphatic heterocycles. The van der Waals surface area contributed by atoms with Gasteiger partial charge in [-0.05, 0) is 41.9 Å². The minimum atomic E-state index is -1.79. The molecule has 8 nitrogen and oxygen atoms in total. The van der Waals surface area contributed by atoms with Crippen molar-refractivity contribution in [2.24, 2.45) is 0 Å². The maximum atomic E-state index is 12.5. The number of aromatic nitrogens is 4. The molecule has 0 saturated carbocycles. The third kappa shape index (κ3) is 6.93. The molecule has 1 aromatic carbocycles. The zero-order chi connectivity index (χ0) is 26.7. The van der Waals surface area contributed by atoms with Gasteiger partial charge in [0.25, 0.3) is 0 Å². The van der Waals surface area contributed by atoms with E-state index in [9.17, 15) is 4.79 Å². The Morgan fingerprint density at radius 3 is 2.42 bits per heavy atom. The van der Waals surface area contributed by atoms with Crippen LogP contribution < -0.4 is 0 Å². The fraction of sp³-hybridized carbons (Fsp3) is 0.577. The number of benzene rings is 1. The predicted octanol–water partition coefficient (Wildman–Crippen LogP) is 6.02. The number of ether oxygens (including phenoxy) is 2. The number of carbonyl (C=O) groups is 1. The molecule has 3 aromatic rings. The summed E-state index contributed by atoms with van der Waals surface area (Å²) in [4.78, 5) is 12.5. The topological polar surface area (TPSA) is 80.4 Å². The molecule has 3 rings (SSSR count). The van der Waals surface area contributed by atoms with Gasteiger partial charge < -0.3 is 13.9 Å². The summed E-state index contributed by atoms with van der Waals surface area (Å²) in [5.74, 6) is -0.462. The minimum Gasteiger partial charge on any atom is -0.464 e. The molecule has 0 N–H and O–H groups in total. The molecule has 0 unspecified atom stereocenters. The Kier molecular flexibility index (Phi) is 8.64. The van der Waals surface area contributed by atoms with Crippen LogP contribution in [0, 0.1) is 0 Å². The van der Waals surface area contributed by atoms with Crippen molar-refractivity contribution >= 4 is 33.3 Å². The second kappa shape index (κ2) is 11.0. The highest BCUT2D eigenvalue weighted by Gasteiger charge is 2.36. The molecule has 0 bridgehead atoms. The number of fused-ring (bicyclic) bond motifs is 1. The van der Waals surface area contributed by atoms with Gasteiger partial charge in [0, 0.05) is 31.8 Å². The third-order valence-electron chi connectivity index (χ3n) is 6.90.